The summed E-state index contributed by atoms with van der Waals surface area (Å²) in [5, 5.41) is 0.637. The van der Waals surface area contributed by atoms with E-state index >= 15 is 0 Å². The molecule has 0 atom stereocenters. The Balaban J connectivity index is 1.65. The van der Waals surface area contributed by atoms with Gasteiger partial charge in [0.25, 0.3) is 5.91 Å². The summed E-state index contributed by atoms with van der Waals surface area (Å²) in [4.78, 5) is 19.7. The van der Waals surface area contributed by atoms with Gasteiger partial charge in [-0.2, -0.15) is 13.2 Å². The van der Waals surface area contributed by atoms with E-state index in [0.29, 0.717) is 63.5 Å². The minimum absolute atomic E-state index is 0.134. The number of benzene rings is 2. The highest BCUT2D eigenvalue weighted by Gasteiger charge is 2.32. The topological polar surface area (TPSA) is 38.1 Å². The normalized spacial score (nSPS) is 15.4. The van der Waals surface area contributed by atoms with Crippen LogP contribution in [0.15, 0.2) is 24.3 Å². The monoisotopic (exact) mass is 525 g/mol. The van der Waals surface area contributed by atoms with E-state index in [2.05, 4.69) is 18.8 Å². The molecule has 2 heterocycles. The Labute approximate surface area is 213 Å². The maximum absolute atomic E-state index is 13.3. The lowest BCUT2D eigenvalue weighted by Gasteiger charge is -2.34. The molecule has 1 saturated heterocycles. The highest BCUT2D eigenvalue weighted by Crippen LogP contribution is 2.35. The standard InChI is InChI=1S/C26H28Cl2F3N3O/c1-14(2)16-7-9-34(10-8-16)25(35)18-5-6-20(27)19(23(18)28)13-22-32-24-15(3)11-17(26(29,30)31)12-21(24)33(22)4/h5-6,11-12,14,16H,7-10,13H2,1-4H3. The van der Waals surface area contributed by atoms with Crippen LogP contribution in [0.4, 0.5) is 13.2 Å². The van der Waals surface area contributed by atoms with Crippen molar-refractivity contribution in [2.45, 2.75) is 46.2 Å². The van der Waals surface area contributed by atoms with E-state index in [9.17, 15) is 18.0 Å². The summed E-state index contributed by atoms with van der Waals surface area (Å²) in [6.07, 6.45) is -2.35. The van der Waals surface area contributed by atoms with Crippen molar-refractivity contribution in [2.75, 3.05) is 13.1 Å². The fourth-order valence-corrected chi connectivity index (χ4v) is 5.43. The molecule has 0 unspecified atom stereocenters. The van der Waals surface area contributed by atoms with Crippen LogP contribution in [0.3, 0.4) is 0 Å². The first-order valence-corrected chi connectivity index (χ1v) is 12.4. The predicted octanol–water partition coefficient (Wildman–Crippen LogP) is 7.31. The van der Waals surface area contributed by atoms with Crippen LogP contribution in [0.2, 0.25) is 10.0 Å². The first-order chi connectivity index (χ1) is 16.4. The minimum Gasteiger partial charge on any atom is -0.339 e. The van der Waals surface area contributed by atoms with Crippen LogP contribution in [0.5, 0.6) is 0 Å². The smallest absolute Gasteiger partial charge is 0.339 e. The molecule has 1 amide bonds. The molecular weight excluding hydrogens is 498 g/mol. The first-order valence-electron chi connectivity index (χ1n) is 11.7. The number of carbonyl (C=O) groups is 1. The number of aromatic nitrogens is 2. The van der Waals surface area contributed by atoms with Crippen LogP contribution < -0.4 is 0 Å². The van der Waals surface area contributed by atoms with E-state index in [0.717, 1.165) is 25.0 Å². The zero-order chi connectivity index (χ0) is 25.7. The number of imidazole rings is 1. The third-order valence-corrected chi connectivity index (χ3v) is 7.90. The fraction of sp³-hybridized carbons (Fsp3) is 0.462. The summed E-state index contributed by atoms with van der Waals surface area (Å²) in [6.45, 7) is 7.38. The van der Waals surface area contributed by atoms with E-state index in [4.69, 9.17) is 23.2 Å². The molecule has 2 aromatic carbocycles. The van der Waals surface area contributed by atoms with Crippen LogP contribution in [0.1, 0.15) is 59.6 Å². The minimum atomic E-state index is -4.45. The lowest BCUT2D eigenvalue weighted by atomic mass is 9.86. The van der Waals surface area contributed by atoms with Crippen LogP contribution in [-0.4, -0.2) is 33.4 Å². The molecule has 35 heavy (non-hydrogen) atoms. The molecule has 3 aromatic rings. The number of halogens is 5. The second-order valence-electron chi connectivity index (χ2n) is 9.68. The first kappa shape index (κ1) is 25.8. The zero-order valence-electron chi connectivity index (χ0n) is 20.1. The average molecular weight is 526 g/mol. The Hall–Kier alpha value is -2.25. The molecule has 0 aliphatic carbocycles. The van der Waals surface area contributed by atoms with Crippen molar-refractivity contribution in [3.8, 4) is 0 Å². The highest BCUT2D eigenvalue weighted by molar-refractivity contribution is 6.38. The quantitative estimate of drug-likeness (QED) is 0.358. The number of rotatable bonds is 4. The van der Waals surface area contributed by atoms with Crippen LogP contribution in [-0.2, 0) is 19.6 Å². The van der Waals surface area contributed by atoms with Crippen molar-refractivity contribution in [1.29, 1.82) is 0 Å². The number of fused-ring (bicyclic) bond motifs is 1. The van der Waals surface area contributed by atoms with Gasteiger partial charge in [-0.3, -0.25) is 4.79 Å². The van der Waals surface area contributed by atoms with Crippen molar-refractivity contribution < 1.29 is 18.0 Å². The number of hydrogen-bond donors (Lipinski definition) is 0. The van der Waals surface area contributed by atoms with Crippen LogP contribution in [0, 0.1) is 18.8 Å². The summed E-state index contributed by atoms with van der Waals surface area (Å²) in [5.74, 6) is 1.57. The second kappa shape index (κ2) is 9.66. The molecular formula is C26H28Cl2F3N3O. The molecule has 0 N–H and O–H groups in total. The molecule has 4 rings (SSSR count). The fourth-order valence-electron chi connectivity index (χ4n) is 4.85. The number of amides is 1. The predicted molar refractivity (Wildman–Crippen MR) is 133 cm³/mol. The molecule has 1 aromatic heterocycles. The van der Waals surface area contributed by atoms with Crippen molar-refractivity contribution in [2.24, 2.45) is 18.9 Å². The van der Waals surface area contributed by atoms with Gasteiger partial charge in [0.05, 0.1) is 27.2 Å². The van der Waals surface area contributed by atoms with Crippen LogP contribution >= 0.6 is 23.2 Å². The van der Waals surface area contributed by atoms with Gasteiger partial charge in [-0.25, -0.2) is 4.98 Å². The van der Waals surface area contributed by atoms with Crippen molar-refractivity contribution in [3.63, 3.8) is 0 Å². The van der Waals surface area contributed by atoms with Crippen LogP contribution in [0.25, 0.3) is 11.0 Å². The van der Waals surface area contributed by atoms with E-state index < -0.39 is 11.7 Å². The van der Waals surface area contributed by atoms with Gasteiger partial charge >= 0.3 is 6.18 Å². The molecule has 0 spiro atoms. The van der Waals surface area contributed by atoms with Gasteiger partial charge in [-0.05, 0) is 67.0 Å². The molecule has 1 aliphatic rings. The Morgan fingerprint density at radius 2 is 1.83 bits per heavy atom. The number of nitrogens with zero attached hydrogens (tertiary/aromatic N) is 3. The number of aryl methyl sites for hydroxylation is 2. The van der Waals surface area contributed by atoms with E-state index in [-0.39, 0.29) is 17.4 Å². The summed E-state index contributed by atoms with van der Waals surface area (Å²) >= 11 is 13.2. The second-order valence-corrected chi connectivity index (χ2v) is 10.5. The average Bonchev–Trinajstić information content (AvgIpc) is 3.11. The molecule has 9 heteroatoms. The Morgan fingerprint density at radius 3 is 2.43 bits per heavy atom. The third-order valence-electron chi connectivity index (χ3n) is 7.12. The molecule has 1 aliphatic heterocycles. The molecule has 0 saturated carbocycles. The zero-order valence-corrected chi connectivity index (χ0v) is 21.7. The maximum Gasteiger partial charge on any atom is 0.416 e. The number of hydrogen-bond acceptors (Lipinski definition) is 2. The lowest BCUT2D eigenvalue weighted by molar-refractivity contribution is -0.137. The van der Waals surface area contributed by atoms with Crippen molar-refractivity contribution in [1.82, 2.24) is 14.5 Å². The summed E-state index contributed by atoms with van der Waals surface area (Å²) in [5.41, 5.74) is 1.49. The number of carbonyl (C=O) groups excluding carboxylic acids is 1. The Morgan fingerprint density at radius 1 is 1.17 bits per heavy atom. The molecule has 188 valence electrons. The SMILES string of the molecule is Cc1cc(C(F)(F)F)cc2c1nc(Cc1c(Cl)ccc(C(=O)N3CCC(C(C)C)CC3)c1Cl)n2C. The number of alkyl halides is 3. The van der Waals surface area contributed by atoms with Gasteiger partial charge < -0.3 is 9.47 Å². The summed E-state index contributed by atoms with van der Waals surface area (Å²) < 4.78 is 41.6. The number of piperidine rings is 1. The van der Waals surface area contributed by atoms with Gasteiger partial charge in [-0.1, -0.05) is 37.0 Å². The van der Waals surface area contributed by atoms with E-state index in [1.54, 1.807) is 30.7 Å². The van der Waals surface area contributed by atoms with Gasteiger partial charge in [0.1, 0.15) is 5.82 Å². The van der Waals surface area contributed by atoms with Crippen molar-refractivity contribution in [3.05, 3.63) is 62.4 Å². The largest absolute Gasteiger partial charge is 0.416 e. The maximum atomic E-state index is 13.3. The summed E-state index contributed by atoms with van der Waals surface area (Å²) in [6, 6.07) is 5.48. The van der Waals surface area contributed by atoms with Crippen molar-refractivity contribution >= 4 is 40.1 Å². The van der Waals surface area contributed by atoms with Gasteiger partial charge in [0.2, 0.25) is 0 Å². The Kier molecular flexibility index (Phi) is 7.13. The van der Waals surface area contributed by atoms with E-state index in [1.165, 1.54) is 0 Å². The molecule has 1 fully saturated rings. The van der Waals surface area contributed by atoms with Gasteiger partial charge in [-0.15, -0.1) is 0 Å². The molecule has 0 radical (unpaired) electrons. The van der Waals surface area contributed by atoms with Gasteiger partial charge in [0.15, 0.2) is 0 Å². The third kappa shape index (κ3) is 5.03. The Bertz CT molecular complexity index is 1280. The van der Waals surface area contributed by atoms with Gasteiger partial charge in [0, 0.05) is 31.6 Å². The molecule has 4 nitrogen and oxygen atoms in total. The lowest BCUT2D eigenvalue weighted by Crippen LogP contribution is -2.39. The molecule has 0 bridgehead atoms. The van der Waals surface area contributed by atoms with E-state index in [1.807, 2.05) is 4.90 Å². The summed E-state index contributed by atoms with van der Waals surface area (Å²) in [7, 11) is 1.67. The number of likely N-dealkylation sites (tertiary alicyclic amines) is 1. The highest BCUT2D eigenvalue weighted by atomic mass is 35.5.